The van der Waals surface area contributed by atoms with Gasteiger partial charge in [-0.15, -0.1) is 6.58 Å². The zero-order valence-electron chi connectivity index (χ0n) is 13.0. The van der Waals surface area contributed by atoms with Crippen LogP contribution in [0.2, 0.25) is 0 Å². The van der Waals surface area contributed by atoms with Crippen molar-refractivity contribution in [3.05, 3.63) is 37.0 Å². The molecule has 1 N–H and O–H groups in total. The van der Waals surface area contributed by atoms with Crippen LogP contribution in [0.15, 0.2) is 37.0 Å². The first-order chi connectivity index (χ1) is 10.2. The van der Waals surface area contributed by atoms with E-state index >= 15 is 0 Å². The number of carbonyl (C=O) groups is 2. The molecule has 0 aromatic heterocycles. The molecule has 0 amide bonds. The lowest BCUT2D eigenvalue weighted by atomic mass is 9.59. The van der Waals surface area contributed by atoms with Gasteiger partial charge in [0.15, 0.2) is 0 Å². The van der Waals surface area contributed by atoms with Crippen molar-refractivity contribution in [1.82, 2.24) is 0 Å². The molecular formula is C17H22O5. The van der Waals surface area contributed by atoms with Crippen LogP contribution in [-0.2, 0) is 19.1 Å². The van der Waals surface area contributed by atoms with Gasteiger partial charge in [-0.2, -0.15) is 0 Å². The normalized spacial score (nSPS) is 37.2. The summed E-state index contributed by atoms with van der Waals surface area (Å²) >= 11 is 0. The van der Waals surface area contributed by atoms with Gasteiger partial charge in [0.1, 0.15) is 12.2 Å². The van der Waals surface area contributed by atoms with Gasteiger partial charge in [0.25, 0.3) is 0 Å². The second kappa shape index (κ2) is 5.72. The molecule has 2 rings (SSSR count). The number of aliphatic hydroxyl groups is 1. The Morgan fingerprint density at radius 2 is 2.23 bits per heavy atom. The topological polar surface area (TPSA) is 72.8 Å². The Bertz CT molecular complexity index is 549. The summed E-state index contributed by atoms with van der Waals surface area (Å²) in [4.78, 5) is 23.3. The molecule has 1 saturated heterocycles. The molecule has 1 aliphatic carbocycles. The standard InChI is InChI=1S/C17H22O5/c1-6-17(5)7-12(21-11(4)19)13-10(3)16(20)22-15(13)14(17)9(2)8-18/h6,12-15,18H,1-3,7-8H2,4-5H3. The molecular weight excluding hydrogens is 284 g/mol. The fraction of sp³-hybridized carbons (Fsp3) is 0.529. The van der Waals surface area contributed by atoms with Crippen LogP contribution in [0, 0.1) is 17.3 Å². The van der Waals surface area contributed by atoms with Gasteiger partial charge in [0.05, 0.1) is 12.5 Å². The quantitative estimate of drug-likeness (QED) is 0.487. The molecule has 5 atom stereocenters. The van der Waals surface area contributed by atoms with Crippen LogP contribution in [0.5, 0.6) is 0 Å². The molecule has 5 nitrogen and oxygen atoms in total. The Labute approximate surface area is 130 Å². The maximum absolute atomic E-state index is 11.9. The number of hydrogen-bond donors (Lipinski definition) is 1. The first-order valence-electron chi connectivity index (χ1n) is 7.24. The minimum Gasteiger partial charge on any atom is -0.462 e. The van der Waals surface area contributed by atoms with E-state index in [1.807, 2.05) is 6.92 Å². The third-order valence-corrected chi connectivity index (χ3v) is 4.77. The van der Waals surface area contributed by atoms with Crippen molar-refractivity contribution in [2.75, 3.05) is 6.61 Å². The Hall–Kier alpha value is -1.88. The van der Waals surface area contributed by atoms with Gasteiger partial charge in [-0.05, 0) is 17.4 Å². The summed E-state index contributed by atoms with van der Waals surface area (Å²) < 4.78 is 10.9. The number of carbonyl (C=O) groups excluding carboxylic acids is 2. The SMILES string of the molecule is C=CC1(C)CC(OC(C)=O)C2C(=C)C(=O)OC2C1C(=C)CO. The van der Waals surface area contributed by atoms with Crippen LogP contribution in [0.25, 0.3) is 0 Å². The molecule has 1 saturated carbocycles. The number of ether oxygens (including phenoxy) is 2. The minimum absolute atomic E-state index is 0.209. The highest BCUT2D eigenvalue weighted by Gasteiger charge is 2.58. The molecule has 2 fully saturated rings. The van der Waals surface area contributed by atoms with Crippen molar-refractivity contribution >= 4 is 11.9 Å². The fourth-order valence-electron chi connectivity index (χ4n) is 3.72. The summed E-state index contributed by atoms with van der Waals surface area (Å²) in [5.74, 6) is -1.62. The van der Waals surface area contributed by atoms with Crippen molar-refractivity contribution < 1.29 is 24.2 Å². The molecule has 5 unspecified atom stereocenters. The van der Waals surface area contributed by atoms with E-state index in [1.54, 1.807) is 6.08 Å². The highest BCUT2D eigenvalue weighted by molar-refractivity contribution is 5.91. The van der Waals surface area contributed by atoms with E-state index in [1.165, 1.54) is 6.92 Å². The van der Waals surface area contributed by atoms with Crippen molar-refractivity contribution in [2.24, 2.45) is 17.3 Å². The predicted octanol–water partition coefficient (Wildman–Crippen LogP) is 1.78. The van der Waals surface area contributed by atoms with Gasteiger partial charge in [-0.1, -0.05) is 26.2 Å². The molecule has 1 aliphatic heterocycles. The average molecular weight is 306 g/mol. The van der Waals surface area contributed by atoms with Gasteiger partial charge >= 0.3 is 11.9 Å². The molecule has 1 heterocycles. The summed E-state index contributed by atoms with van der Waals surface area (Å²) in [5.41, 5.74) is 0.366. The van der Waals surface area contributed by atoms with Crippen LogP contribution in [-0.4, -0.2) is 35.9 Å². The molecule has 0 aromatic carbocycles. The number of fused-ring (bicyclic) bond motifs is 1. The van der Waals surface area contributed by atoms with Crippen molar-refractivity contribution in [1.29, 1.82) is 0 Å². The summed E-state index contributed by atoms with van der Waals surface area (Å²) in [6, 6.07) is 0. The number of hydrogen-bond acceptors (Lipinski definition) is 5. The maximum Gasteiger partial charge on any atom is 0.334 e. The first kappa shape index (κ1) is 16.5. The molecule has 0 aromatic rings. The molecule has 120 valence electrons. The lowest BCUT2D eigenvalue weighted by Gasteiger charge is -2.48. The number of allylic oxidation sites excluding steroid dienone is 1. The Morgan fingerprint density at radius 1 is 1.59 bits per heavy atom. The van der Waals surface area contributed by atoms with E-state index in [9.17, 15) is 14.7 Å². The number of rotatable bonds is 4. The van der Waals surface area contributed by atoms with Gasteiger partial charge in [0, 0.05) is 18.4 Å². The average Bonchev–Trinajstić information content (AvgIpc) is 2.73. The third kappa shape index (κ3) is 2.50. The molecule has 0 radical (unpaired) electrons. The number of esters is 2. The van der Waals surface area contributed by atoms with Crippen LogP contribution in [0.4, 0.5) is 0 Å². The minimum atomic E-state index is -0.555. The summed E-state index contributed by atoms with van der Waals surface area (Å²) in [5, 5.41) is 9.50. The van der Waals surface area contributed by atoms with E-state index < -0.39 is 35.5 Å². The second-order valence-corrected chi connectivity index (χ2v) is 6.28. The Morgan fingerprint density at radius 3 is 2.73 bits per heavy atom. The third-order valence-electron chi connectivity index (χ3n) is 4.77. The second-order valence-electron chi connectivity index (χ2n) is 6.28. The lowest BCUT2D eigenvalue weighted by Crippen LogP contribution is -2.51. The van der Waals surface area contributed by atoms with E-state index in [-0.39, 0.29) is 12.5 Å². The fourth-order valence-corrected chi connectivity index (χ4v) is 3.72. The maximum atomic E-state index is 11.9. The Balaban J connectivity index is 2.48. The van der Waals surface area contributed by atoms with E-state index in [0.29, 0.717) is 17.6 Å². The van der Waals surface area contributed by atoms with Crippen molar-refractivity contribution in [3.8, 4) is 0 Å². The highest BCUT2D eigenvalue weighted by atomic mass is 16.6. The molecule has 5 heteroatoms. The van der Waals surface area contributed by atoms with Crippen molar-refractivity contribution in [2.45, 2.75) is 32.5 Å². The van der Waals surface area contributed by atoms with E-state index in [2.05, 4.69) is 19.7 Å². The molecule has 0 spiro atoms. The largest absolute Gasteiger partial charge is 0.462 e. The van der Waals surface area contributed by atoms with E-state index in [4.69, 9.17) is 9.47 Å². The highest BCUT2D eigenvalue weighted by Crippen LogP contribution is 2.53. The summed E-state index contributed by atoms with van der Waals surface area (Å²) in [7, 11) is 0. The molecule has 22 heavy (non-hydrogen) atoms. The van der Waals surface area contributed by atoms with Gasteiger partial charge < -0.3 is 14.6 Å². The van der Waals surface area contributed by atoms with Gasteiger partial charge in [-0.25, -0.2) is 4.79 Å². The van der Waals surface area contributed by atoms with Crippen molar-refractivity contribution in [3.63, 3.8) is 0 Å². The van der Waals surface area contributed by atoms with Crippen LogP contribution in [0.3, 0.4) is 0 Å². The zero-order chi connectivity index (χ0) is 16.7. The van der Waals surface area contributed by atoms with Crippen LogP contribution >= 0.6 is 0 Å². The Kier molecular flexibility index (Phi) is 4.29. The first-order valence-corrected chi connectivity index (χ1v) is 7.24. The summed E-state index contributed by atoms with van der Waals surface area (Å²) in [6.07, 6.45) is 1.16. The van der Waals surface area contributed by atoms with E-state index in [0.717, 1.165) is 0 Å². The molecule has 0 bridgehead atoms. The van der Waals surface area contributed by atoms with Crippen LogP contribution < -0.4 is 0 Å². The predicted molar refractivity (Wildman–Crippen MR) is 80.7 cm³/mol. The number of aliphatic hydroxyl groups excluding tert-OH is 1. The molecule has 2 aliphatic rings. The van der Waals surface area contributed by atoms with Gasteiger partial charge in [0.2, 0.25) is 0 Å². The smallest absolute Gasteiger partial charge is 0.334 e. The zero-order valence-corrected chi connectivity index (χ0v) is 13.0. The summed E-state index contributed by atoms with van der Waals surface area (Å²) in [6.45, 7) is 14.6. The lowest BCUT2D eigenvalue weighted by molar-refractivity contribution is -0.160. The van der Waals surface area contributed by atoms with Crippen LogP contribution in [0.1, 0.15) is 20.3 Å². The monoisotopic (exact) mass is 306 g/mol. The van der Waals surface area contributed by atoms with Gasteiger partial charge in [-0.3, -0.25) is 4.79 Å².